The number of halogens is 1. The van der Waals surface area contributed by atoms with Gasteiger partial charge in [-0.05, 0) is 43.9 Å². The number of hydrogen-bond donors (Lipinski definition) is 1. The number of aryl methyl sites for hydroxylation is 1. The molecule has 0 saturated carbocycles. The molecule has 0 amide bonds. The summed E-state index contributed by atoms with van der Waals surface area (Å²) in [5.41, 5.74) is 1.78. The molecule has 1 N–H and O–H groups in total. The Hall–Kier alpha value is -3.27. The van der Waals surface area contributed by atoms with Crippen molar-refractivity contribution in [3.63, 3.8) is 0 Å². The molecule has 1 fully saturated rings. The molecule has 2 aliphatic heterocycles. The summed E-state index contributed by atoms with van der Waals surface area (Å²) in [7, 11) is 3.06. The maximum absolute atomic E-state index is 14.4. The van der Waals surface area contributed by atoms with Gasteiger partial charge in [-0.1, -0.05) is 0 Å². The normalized spacial score (nSPS) is 24.5. The molecule has 3 aromatic rings. The van der Waals surface area contributed by atoms with Gasteiger partial charge in [0.15, 0.2) is 5.65 Å². The zero-order valence-corrected chi connectivity index (χ0v) is 18.9. The number of pyridine rings is 1. The minimum atomic E-state index is -1.05. The first kappa shape index (κ1) is 21.6. The van der Waals surface area contributed by atoms with Gasteiger partial charge in [0.1, 0.15) is 22.9 Å². The van der Waals surface area contributed by atoms with E-state index in [9.17, 15) is 9.18 Å². The van der Waals surface area contributed by atoms with Crippen molar-refractivity contribution in [3.8, 4) is 0 Å². The van der Waals surface area contributed by atoms with E-state index in [0.717, 1.165) is 30.0 Å². The standard InChI is InChI=1S/C23H27FN6O3/c1-23(22(31)33-3)6-4-17-16(9-15(24)10-25-17)19-8-14(13-32-2)12-29(19)20-5-7-30-21(27-20)18(28-23)11-26-30/h5,7,9-11,14,19,28H,4,6,8,12-13H2,1-3H3. The first-order valence-corrected chi connectivity index (χ1v) is 11.0. The lowest BCUT2D eigenvalue weighted by atomic mass is 9.91. The topological polar surface area (TPSA) is 93.9 Å². The average Bonchev–Trinajstić information content (AvgIpc) is 3.41. The van der Waals surface area contributed by atoms with Crippen molar-refractivity contribution in [1.29, 1.82) is 0 Å². The number of esters is 1. The van der Waals surface area contributed by atoms with Crippen LogP contribution in [0.2, 0.25) is 0 Å². The van der Waals surface area contributed by atoms with Gasteiger partial charge >= 0.3 is 5.97 Å². The number of rotatable bonds is 3. The van der Waals surface area contributed by atoms with Gasteiger partial charge in [-0.3, -0.25) is 4.98 Å². The Balaban J connectivity index is 1.69. The van der Waals surface area contributed by atoms with Crippen LogP contribution in [0.5, 0.6) is 0 Å². The number of fused-ring (bicyclic) bond motifs is 5. The number of methoxy groups -OCH3 is 2. The Morgan fingerprint density at radius 2 is 2.21 bits per heavy atom. The largest absolute Gasteiger partial charge is 0.467 e. The highest BCUT2D eigenvalue weighted by Gasteiger charge is 2.39. The fourth-order valence-electron chi connectivity index (χ4n) is 5.02. The molecule has 3 aromatic heterocycles. The minimum Gasteiger partial charge on any atom is -0.467 e. The molecule has 10 heteroatoms. The quantitative estimate of drug-likeness (QED) is 0.604. The van der Waals surface area contributed by atoms with Crippen LogP contribution in [0, 0.1) is 11.7 Å². The van der Waals surface area contributed by atoms with Crippen LogP contribution >= 0.6 is 0 Å². The summed E-state index contributed by atoms with van der Waals surface area (Å²) in [5, 5.41) is 7.69. The van der Waals surface area contributed by atoms with Gasteiger partial charge in [0.2, 0.25) is 0 Å². The van der Waals surface area contributed by atoms with E-state index in [0.29, 0.717) is 30.8 Å². The van der Waals surface area contributed by atoms with E-state index in [-0.39, 0.29) is 17.8 Å². The molecule has 3 unspecified atom stereocenters. The van der Waals surface area contributed by atoms with E-state index in [1.165, 1.54) is 13.3 Å². The fraction of sp³-hybridized carbons (Fsp3) is 0.478. The maximum Gasteiger partial charge on any atom is 0.331 e. The Bertz CT molecular complexity index is 1200. The summed E-state index contributed by atoms with van der Waals surface area (Å²) in [6, 6.07) is 3.36. The molecule has 5 heterocycles. The second kappa shape index (κ2) is 8.26. The smallest absolute Gasteiger partial charge is 0.331 e. The van der Waals surface area contributed by atoms with Crippen molar-refractivity contribution in [1.82, 2.24) is 19.6 Å². The SMILES string of the molecule is COCC1CC2c3cc(F)cnc3CCC(C)(C(=O)OC)Nc3cnn4ccc(nc34)N2C1. The van der Waals surface area contributed by atoms with Crippen molar-refractivity contribution >= 4 is 23.1 Å². The number of anilines is 2. The Kier molecular flexibility index (Phi) is 5.40. The molecule has 0 aromatic carbocycles. The van der Waals surface area contributed by atoms with Crippen LogP contribution < -0.4 is 10.2 Å². The highest BCUT2D eigenvalue weighted by atomic mass is 19.1. The Morgan fingerprint density at radius 1 is 1.36 bits per heavy atom. The molecule has 3 atom stereocenters. The predicted molar refractivity (Wildman–Crippen MR) is 120 cm³/mol. The number of carbonyl (C=O) groups excluding carboxylic acids is 1. The van der Waals surface area contributed by atoms with E-state index < -0.39 is 11.5 Å². The van der Waals surface area contributed by atoms with E-state index in [1.807, 2.05) is 12.3 Å². The van der Waals surface area contributed by atoms with E-state index in [4.69, 9.17) is 14.5 Å². The molecule has 33 heavy (non-hydrogen) atoms. The van der Waals surface area contributed by atoms with Crippen molar-refractivity contribution in [3.05, 3.63) is 47.8 Å². The predicted octanol–water partition coefficient (Wildman–Crippen LogP) is 2.77. The number of aromatic nitrogens is 4. The van der Waals surface area contributed by atoms with Crippen LogP contribution in [0.4, 0.5) is 15.9 Å². The molecule has 0 radical (unpaired) electrons. The maximum atomic E-state index is 14.4. The average molecular weight is 455 g/mol. The first-order valence-electron chi connectivity index (χ1n) is 11.0. The molecule has 0 aliphatic carbocycles. The van der Waals surface area contributed by atoms with Crippen LogP contribution in [-0.4, -0.2) is 58.5 Å². The van der Waals surface area contributed by atoms with Crippen molar-refractivity contribution < 1.29 is 18.7 Å². The van der Waals surface area contributed by atoms with E-state index in [1.54, 1.807) is 30.8 Å². The third kappa shape index (κ3) is 3.78. The number of carbonyl (C=O) groups is 1. The minimum absolute atomic E-state index is 0.110. The third-order valence-electron chi connectivity index (χ3n) is 6.68. The molecular weight excluding hydrogens is 427 g/mol. The van der Waals surface area contributed by atoms with Gasteiger partial charge in [0, 0.05) is 31.5 Å². The van der Waals surface area contributed by atoms with Gasteiger partial charge in [0.05, 0.1) is 32.2 Å². The van der Waals surface area contributed by atoms with Gasteiger partial charge < -0.3 is 19.7 Å². The molecule has 5 rings (SSSR count). The zero-order chi connectivity index (χ0) is 23.2. The molecule has 0 spiro atoms. The lowest BCUT2D eigenvalue weighted by Gasteiger charge is -2.31. The van der Waals surface area contributed by atoms with E-state index >= 15 is 0 Å². The number of nitrogens with one attached hydrogen (secondary N) is 1. The summed E-state index contributed by atoms with van der Waals surface area (Å²) in [6.45, 7) is 3.12. The van der Waals surface area contributed by atoms with Crippen LogP contribution in [0.25, 0.3) is 5.65 Å². The van der Waals surface area contributed by atoms with Crippen LogP contribution in [0.15, 0.2) is 30.7 Å². The van der Waals surface area contributed by atoms with Crippen molar-refractivity contribution in [2.75, 3.05) is 37.6 Å². The highest BCUT2D eigenvalue weighted by molar-refractivity contribution is 5.86. The second-order valence-electron chi connectivity index (χ2n) is 8.98. The highest BCUT2D eigenvalue weighted by Crippen LogP contribution is 2.41. The summed E-state index contributed by atoms with van der Waals surface area (Å²) in [5.74, 6) is 0.236. The molecule has 2 aliphatic rings. The first-order chi connectivity index (χ1) is 15.9. The van der Waals surface area contributed by atoms with Gasteiger partial charge in [-0.25, -0.2) is 18.7 Å². The Labute approximate surface area is 190 Å². The van der Waals surface area contributed by atoms with Crippen molar-refractivity contribution in [2.45, 2.75) is 37.8 Å². The van der Waals surface area contributed by atoms with Crippen LogP contribution in [-0.2, 0) is 20.7 Å². The number of hydrogen-bond acceptors (Lipinski definition) is 8. The number of ether oxygens (including phenoxy) is 2. The summed E-state index contributed by atoms with van der Waals surface area (Å²) >= 11 is 0. The van der Waals surface area contributed by atoms with Crippen molar-refractivity contribution in [2.24, 2.45) is 5.92 Å². The zero-order valence-electron chi connectivity index (χ0n) is 18.9. The third-order valence-corrected chi connectivity index (χ3v) is 6.68. The Morgan fingerprint density at radius 3 is 3.00 bits per heavy atom. The summed E-state index contributed by atoms with van der Waals surface area (Å²) in [4.78, 5) is 24.3. The summed E-state index contributed by atoms with van der Waals surface area (Å²) < 4.78 is 26.6. The lowest BCUT2D eigenvalue weighted by molar-refractivity contribution is -0.145. The van der Waals surface area contributed by atoms with Gasteiger partial charge in [-0.15, -0.1) is 0 Å². The van der Waals surface area contributed by atoms with Gasteiger partial charge in [-0.2, -0.15) is 5.10 Å². The molecule has 174 valence electrons. The van der Waals surface area contributed by atoms with Crippen LogP contribution in [0.3, 0.4) is 0 Å². The summed E-state index contributed by atoms with van der Waals surface area (Å²) in [6.07, 6.45) is 6.40. The molecule has 2 bridgehead atoms. The second-order valence-corrected chi connectivity index (χ2v) is 8.98. The molecule has 1 saturated heterocycles. The lowest BCUT2D eigenvalue weighted by Crippen LogP contribution is -2.45. The number of nitrogens with zero attached hydrogens (tertiary/aromatic N) is 5. The molecule has 9 nitrogen and oxygen atoms in total. The van der Waals surface area contributed by atoms with Crippen LogP contribution in [0.1, 0.15) is 37.1 Å². The fourth-order valence-corrected chi connectivity index (χ4v) is 5.02. The van der Waals surface area contributed by atoms with Gasteiger partial charge in [0.25, 0.3) is 0 Å². The van der Waals surface area contributed by atoms with E-state index in [2.05, 4.69) is 20.3 Å². The molecular formula is C23H27FN6O3. The monoisotopic (exact) mass is 454 g/mol.